The zero-order valence-corrected chi connectivity index (χ0v) is 20.1. The van der Waals surface area contributed by atoms with E-state index in [1.54, 1.807) is 0 Å². The Morgan fingerprint density at radius 3 is 2.71 bits per heavy atom. The van der Waals surface area contributed by atoms with Gasteiger partial charge in [-0.2, -0.15) is 0 Å². The highest BCUT2D eigenvalue weighted by atomic mass is 127. The van der Waals surface area contributed by atoms with E-state index in [0.29, 0.717) is 0 Å². The van der Waals surface area contributed by atoms with Gasteiger partial charge in [0, 0.05) is 51.3 Å². The van der Waals surface area contributed by atoms with E-state index >= 15 is 0 Å². The van der Waals surface area contributed by atoms with Gasteiger partial charge in [-0.1, -0.05) is 18.9 Å². The number of hydrogen-bond donors (Lipinski definition) is 1. The first-order chi connectivity index (χ1) is 13.3. The van der Waals surface area contributed by atoms with E-state index < -0.39 is 0 Å². The van der Waals surface area contributed by atoms with E-state index in [-0.39, 0.29) is 24.0 Å². The molecule has 7 heteroatoms. The molecule has 1 N–H and O–H groups in total. The number of thiophene rings is 1. The molecule has 2 aromatic heterocycles. The summed E-state index contributed by atoms with van der Waals surface area (Å²) in [6.07, 6.45) is 8.19. The van der Waals surface area contributed by atoms with Gasteiger partial charge in [-0.05, 0) is 48.4 Å². The van der Waals surface area contributed by atoms with Crippen LogP contribution >= 0.6 is 35.3 Å². The van der Waals surface area contributed by atoms with Crippen LogP contribution in [0.5, 0.6) is 0 Å². The van der Waals surface area contributed by atoms with Crippen molar-refractivity contribution in [2.75, 3.05) is 38.6 Å². The molecule has 0 amide bonds. The second-order valence-electron chi connectivity index (χ2n) is 7.08. The van der Waals surface area contributed by atoms with E-state index in [9.17, 15) is 0 Å². The lowest BCUT2D eigenvalue weighted by Crippen LogP contribution is -2.39. The van der Waals surface area contributed by atoms with Crippen LogP contribution in [-0.4, -0.2) is 49.6 Å². The first-order valence-electron chi connectivity index (χ1n) is 9.90. The van der Waals surface area contributed by atoms with Gasteiger partial charge in [0.05, 0.1) is 0 Å². The molecule has 1 aliphatic heterocycles. The number of anilines is 1. The fourth-order valence-corrected chi connectivity index (χ4v) is 4.15. The summed E-state index contributed by atoms with van der Waals surface area (Å²) < 4.78 is 0. The molecule has 0 atom stereocenters. The van der Waals surface area contributed by atoms with Gasteiger partial charge in [0.1, 0.15) is 5.82 Å². The Hall–Kier alpha value is -1.35. The third kappa shape index (κ3) is 6.92. The molecule has 5 nitrogen and oxygen atoms in total. The van der Waals surface area contributed by atoms with Crippen molar-refractivity contribution in [3.8, 4) is 0 Å². The van der Waals surface area contributed by atoms with Crippen molar-refractivity contribution in [3.05, 3.63) is 46.3 Å². The van der Waals surface area contributed by atoms with Crippen LogP contribution in [0.4, 0.5) is 5.82 Å². The van der Waals surface area contributed by atoms with Crippen LogP contribution in [0.2, 0.25) is 0 Å². The van der Waals surface area contributed by atoms with Gasteiger partial charge in [-0.3, -0.25) is 4.99 Å². The van der Waals surface area contributed by atoms with Crippen LogP contribution in [-0.2, 0) is 13.0 Å². The van der Waals surface area contributed by atoms with Gasteiger partial charge in [0.15, 0.2) is 5.96 Å². The molecule has 0 aromatic carbocycles. The number of guanidine groups is 1. The first kappa shape index (κ1) is 22.9. The number of likely N-dealkylation sites (N-methyl/N-ethyl adjacent to an activating group) is 1. The third-order valence-corrected chi connectivity index (χ3v) is 5.97. The molecule has 0 radical (unpaired) electrons. The lowest BCUT2D eigenvalue weighted by molar-refractivity contribution is 0.486. The molecule has 3 heterocycles. The topological polar surface area (TPSA) is 43.8 Å². The van der Waals surface area contributed by atoms with Gasteiger partial charge in [-0.15, -0.1) is 35.3 Å². The van der Waals surface area contributed by atoms with Crippen molar-refractivity contribution in [1.29, 1.82) is 0 Å². The quantitative estimate of drug-likeness (QED) is 0.354. The molecular formula is C21H32IN5S. The monoisotopic (exact) mass is 513 g/mol. The summed E-state index contributed by atoms with van der Waals surface area (Å²) in [6, 6.07) is 8.61. The zero-order valence-electron chi connectivity index (χ0n) is 16.9. The zero-order chi connectivity index (χ0) is 18.9. The summed E-state index contributed by atoms with van der Waals surface area (Å²) in [5.74, 6) is 2.04. The second-order valence-corrected chi connectivity index (χ2v) is 8.11. The summed E-state index contributed by atoms with van der Waals surface area (Å²) in [4.78, 5) is 15.1. The molecule has 0 bridgehead atoms. The van der Waals surface area contributed by atoms with Crippen molar-refractivity contribution in [1.82, 2.24) is 15.2 Å². The SMILES string of the molecule is CN=C(NCc1ccnc(N2CCCCCC2)c1)N(C)CCc1cccs1.I. The van der Waals surface area contributed by atoms with E-state index in [1.807, 2.05) is 24.6 Å². The van der Waals surface area contributed by atoms with E-state index in [2.05, 4.69) is 61.8 Å². The first-order valence-corrected chi connectivity index (χ1v) is 10.8. The minimum atomic E-state index is 0. The fraction of sp³-hybridized carbons (Fsp3) is 0.524. The number of halogens is 1. The Balaban J connectivity index is 0.00000280. The number of nitrogens with one attached hydrogen (secondary N) is 1. The number of nitrogens with zero attached hydrogens (tertiary/aromatic N) is 4. The maximum atomic E-state index is 4.60. The molecule has 0 spiro atoms. The van der Waals surface area contributed by atoms with Crippen LogP contribution < -0.4 is 10.2 Å². The largest absolute Gasteiger partial charge is 0.357 e. The van der Waals surface area contributed by atoms with Crippen molar-refractivity contribution >= 4 is 47.1 Å². The summed E-state index contributed by atoms with van der Waals surface area (Å²) >= 11 is 1.81. The summed E-state index contributed by atoms with van der Waals surface area (Å²) in [7, 11) is 3.94. The fourth-order valence-electron chi connectivity index (χ4n) is 3.45. The molecule has 2 aromatic rings. The molecular weight excluding hydrogens is 481 g/mol. The number of rotatable bonds is 6. The standard InChI is InChI=1S/C21H31N5S.HI/c1-22-21(25(2)14-10-19-8-7-15-27-19)24-17-18-9-11-23-20(16-18)26-12-5-3-4-6-13-26;/h7-9,11,15-16H,3-6,10,12-14,17H2,1-2H3,(H,22,24);1H. The van der Waals surface area contributed by atoms with Gasteiger partial charge in [0.2, 0.25) is 0 Å². The van der Waals surface area contributed by atoms with Crippen LogP contribution in [0.15, 0.2) is 40.8 Å². The Bertz CT molecular complexity index is 711. The highest BCUT2D eigenvalue weighted by Gasteiger charge is 2.12. The summed E-state index contributed by atoms with van der Waals surface area (Å²) in [5, 5.41) is 5.62. The molecule has 1 saturated heterocycles. The number of aromatic nitrogens is 1. The average molecular weight is 513 g/mol. The van der Waals surface area contributed by atoms with Crippen molar-refractivity contribution in [2.45, 2.75) is 38.6 Å². The minimum absolute atomic E-state index is 0. The number of aliphatic imine (C=N–C) groups is 1. The summed E-state index contributed by atoms with van der Waals surface area (Å²) in [6.45, 7) is 3.96. The molecule has 0 unspecified atom stereocenters. The van der Waals surface area contributed by atoms with Gasteiger partial charge in [-0.25, -0.2) is 4.98 Å². The molecule has 0 saturated carbocycles. The predicted octanol–water partition coefficient (Wildman–Crippen LogP) is 4.39. The average Bonchev–Trinajstić information content (AvgIpc) is 3.07. The molecule has 154 valence electrons. The lowest BCUT2D eigenvalue weighted by Gasteiger charge is -2.23. The van der Waals surface area contributed by atoms with Crippen LogP contribution in [0.1, 0.15) is 36.1 Å². The van der Waals surface area contributed by atoms with Crippen molar-refractivity contribution in [2.24, 2.45) is 4.99 Å². The van der Waals surface area contributed by atoms with E-state index in [4.69, 9.17) is 0 Å². The Morgan fingerprint density at radius 1 is 1.25 bits per heavy atom. The molecule has 28 heavy (non-hydrogen) atoms. The normalized spacial score (nSPS) is 14.9. The Labute approximate surface area is 190 Å². The van der Waals surface area contributed by atoms with Crippen molar-refractivity contribution < 1.29 is 0 Å². The lowest BCUT2D eigenvalue weighted by atomic mass is 10.2. The van der Waals surface area contributed by atoms with Gasteiger partial charge < -0.3 is 15.1 Å². The molecule has 1 fully saturated rings. The highest BCUT2D eigenvalue weighted by Crippen LogP contribution is 2.18. The van der Waals surface area contributed by atoms with E-state index in [0.717, 1.165) is 44.4 Å². The Morgan fingerprint density at radius 2 is 2.04 bits per heavy atom. The predicted molar refractivity (Wildman–Crippen MR) is 131 cm³/mol. The molecule has 3 rings (SSSR count). The molecule has 0 aliphatic carbocycles. The van der Waals surface area contributed by atoms with Crippen LogP contribution in [0, 0.1) is 0 Å². The van der Waals surface area contributed by atoms with Crippen molar-refractivity contribution in [3.63, 3.8) is 0 Å². The Kier molecular flexibility index (Phi) is 10.0. The second kappa shape index (κ2) is 12.3. The van der Waals surface area contributed by atoms with E-state index in [1.165, 1.54) is 36.1 Å². The maximum Gasteiger partial charge on any atom is 0.193 e. The summed E-state index contributed by atoms with van der Waals surface area (Å²) in [5.41, 5.74) is 1.25. The third-order valence-electron chi connectivity index (χ3n) is 5.04. The van der Waals surface area contributed by atoms with Crippen LogP contribution in [0.25, 0.3) is 0 Å². The van der Waals surface area contributed by atoms with Gasteiger partial charge in [0.25, 0.3) is 0 Å². The highest BCUT2D eigenvalue weighted by molar-refractivity contribution is 14.0. The minimum Gasteiger partial charge on any atom is -0.357 e. The smallest absolute Gasteiger partial charge is 0.193 e. The van der Waals surface area contributed by atoms with Crippen LogP contribution in [0.3, 0.4) is 0 Å². The van der Waals surface area contributed by atoms with Gasteiger partial charge >= 0.3 is 0 Å². The maximum absolute atomic E-state index is 4.60. The number of pyridine rings is 1. The number of hydrogen-bond acceptors (Lipinski definition) is 4. The molecule has 1 aliphatic rings.